The molecule has 15 heavy (non-hydrogen) atoms. The zero-order valence-corrected chi connectivity index (χ0v) is 10.5. The Morgan fingerprint density at radius 2 is 2.07 bits per heavy atom. The smallest absolute Gasteiger partial charge is 0.236 e. The number of hydrogen-bond acceptors (Lipinski definition) is 3. The van der Waals surface area contributed by atoms with Crippen LogP contribution < -0.4 is 5.32 Å². The molecule has 0 aliphatic heterocycles. The normalized spacial score (nSPS) is 15.1. The molecule has 0 aliphatic rings. The van der Waals surface area contributed by atoms with Crippen molar-refractivity contribution >= 4 is 5.91 Å². The highest BCUT2D eigenvalue weighted by atomic mass is 16.3. The van der Waals surface area contributed by atoms with E-state index in [1.165, 1.54) is 0 Å². The fourth-order valence-electron chi connectivity index (χ4n) is 0.994. The summed E-state index contributed by atoms with van der Waals surface area (Å²) in [6, 6.07) is 0.210. The monoisotopic (exact) mass is 216 g/mol. The molecule has 4 nitrogen and oxygen atoms in total. The number of likely N-dealkylation sites (N-methyl/N-ethyl adjacent to an activating group) is 1. The van der Waals surface area contributed by atoms with Crippen molar-refractivity contribution in [2.75, 3.05) is 20.2 Å². The Hall–Kier alpha value is -0.610. The van der Waals surface area contributed by atoms with Gasteiger partial charge in [0.05, 0.1) is 13.2 Å². The summed E-state index contributed by atoms with van der Waals surface area (Å²) in [4.78, 5) is 13.3. The number of amides is 1. The third-order valence-corrected chi connectivity index (χ3v) is 2.96. The molecule has 0 aromatic rings. The highest BCUT2D eigenvalue weighted by molar-refractivity contribution is 5.78. The third-order valence-electron chi connectivity index (χ3n) is 2.96. The topological polar surface area (TPSA) is 52.6 Å². The minimum atomic E-state index is -0.354. The van der Waals surface area contributed by atoms with Gasteiger partial charge in [-0.1, -0.05) is 6.92 Å². The van der Waals surface area contributed by atoms with E-state index in [0.717, 1.165) is 6.42 Å². The summed E-state index contributed by atoms with van der Waals surface area (Å²) in [5.41, 5.74) is -0.354. The molecular formula is C11H24N2O2. The van der Waals surface area contributed by atoms with E-state index in [-0.39, 0.29) is 30.6 Å². The summed E-state index contributed by atoms with van der Waals surface area (Å²) >= 11 is 0. The predicted molar refractivity (Wildman–Crippen MR) is 61.7 cm³/mol. The molecule has 1 atom stereocenters. The maximum atomic E-state index is 11.6. The Morgan fingerprint density at radius 1 is 1.53 bits per heavy atom. The first-order valence-corrected chi connectivity index (χ1v) is 5.48. The first kappa shape index (κ1) is 14.4. The summed E-state index contributed by atoms with van der Waals surface area (Å²) in [6.45, 7) is 8.17. The molecule has 90 valence electrons. The van der Waals surface area contributed by atoms with Crippen LogP contribution in [0.1, 0.15) is 34.1 Å². The Labute approximate surface area is 92.7 Å². The molecule has 0 saturated heterocycles. The average Bonchev–Trinajstić information content (AvgIpc) is 2.24. The molecule has 0 heterocycles. The predicted octanol–water partition coefficient (Wildman–Crippen LogP) is 0.604. The molecule has 0 radical (unpaired) electrons. The van der Waals surface area contributed by atoms with Crippen molar-refractivity contribution in [2.45, 2.75) is 45.7 Å². The van der Waals surface area contributed by atoms with Crippen LogP contribution in [0.3, 0.4) is 0 Å². The van der Waals surface area contributed by atoms with Crippen molar-refractivity contribution in [2.24, 2.45) is 0 Å². The first-order valence-electron chi connectivity index (χ1n) is 5.48. The molecular weight excluding hydrogens is 192 g/mol. The second-order valence-corrected chi connectivity index (χ2v) is 4.52. The molecule has 0 aromatic heterocycles. The van der Waals surface area contributed by atoms with Gasteiger partial charge in [-0.15, -0.1) is 0 Å². The number of nitrogens with zero attached hydrogens (tertiary/aromatic N) is 1. The van der Waals surface area contributed by atoms with Gasteiger partial charge in [-0.25, -0.2) is 0 Å². The molecule has 0 rings (SSSR count). The van der Waals surface area contributed by atoms with E-state index in [9.17, 15) is 4.79 Å². The van der Waals surface area contributed by atoms with E-state index >= 15 is 0 Å². The highest BCUT2D eigenvalue weighted by Crippen LogP contribution is 2.07. The van der Waals surface area contributed by atoms with Crippen LogP contribution in [0.4, 0.5) is 0 Å². The highest BCUT2D eigenvalue weighted by Gasteiger charge is 2.22. The lowest BCUT2D eigenvalue weighted by atomic mass is 10.0. The van der Waals surface area contributed by atoms with Crippen LogP contribution in [0.25, 0.3) is 0 Å². The van der Waals surface area contributed by atoms with E-state index < -0.39 is 0 Å². The number of hydrogen-bond donors (Lipinski definition) is 2. The molecule has 0 aromatic carbocycles. The standard InChI is InChI=1S/C11H24N2O2/c1-6-11(4,8-14)12-7-10(15)13(5)9(2)3/h9,12,14H,6-8H2,1-5H3. The van der Waals surface area contributed by atoms with Gasteiger partial charge >= 0.3 is 0 Å². The van der Waals surface area contributed by atoms with Gasteiger partial charge in [0.1, 0.15) is 0 Å². The fraction of sp³-hybridized carbons (Fsp3) is 0.909. The van der Waals surface area contributed by atoms with Crippen LogP contribution in [-0.2, 0) is 4.79 Å². The van der Waals surface area contributed by atoms with Crippen molar-refractivity contribution in [1.82, 2.24) is 10.2 Å². The van der Waals surface area contributed by atoms with Gasteiger partial charge < -0.3 is 15.3 Å². The summed E-state index contributed by atoms with van der Waals surface area (Å²) in [6.07, 6.45) is 0.794. The minimum absolute atomic E-state index is 0.0438. The summed E-state index contributed by atoms with van der Waals surface area (Å²) in [7, 11) is 1.79. The number of carbonyl (C=O) groups is 1. The van der Waals surface area contributed by atoms with Gasteiger partial charge in [0.25, 0.3) is 0 Å². The lowest BCUT2D eigenvalue weighted by Crippen LogP contribution is -2.50. The van der Waals surface area contributed by atoms with Gasteiger partial charge in [-0.3, -0.25) is 4.79 Å². The zero-order chi connectivity index (χ0) is 12.1. The Kier molecular flexibility index (Phi) is 5.83. The Bertz CT molecular complexity index is 201. The molecule has 0 saturated carbocycles. The van der Waals surface area contributed by atoms with E-state index in [1.807, 2.05) is 27.7 Å². The summed E-state index contributed by atoms with van der Waals surface area (Å²) < 4.78 is 0. The molecule has 2 N–H and O–H groups in total. The van der Waals surface area contributed by atoms with Gasteiger partial charge in [0.2, 0.25) is 5.91 Å². The molecule has 0 bridgehead atoms. The molecule has 0 fully saturated rings. The molecule has 0 spiro atoms. The van der Waals surface area contributed by atoms with E-state index in [1.54, 1.807) is 11.9 Å². The number of aliphatic hydroxyl groups excluding tert-OH is 1. The van der Waals surface area contributed by atoms with E-state index in [4.69, 9.17) is 5.11 Å². The quantitative estimate of drug-likeness (QED) is 0.684. The Morgan fingerprint density at radius 3 is 2.40 bits per heavy atom. The largest absolute Gasteiger partial charge is 0.394 e. The van der Waals surface area contributed by atoms with Crippen LogP contribution in [0.5, 0.6) is 0 Å². The van der Waals surface area contributed by atoms with Crippen LogP contribution in [0.15, 0.2) is 0 Å². The number of rotatable bonds is 6. The summed E-state index contributed by atoms with van der Waals surface area (Å²) in [5, 5.41) is 12.2. The second kappa shape index (κ2) is 6.08. The maximum absolute atomic E-state index is 11.6. The number of carbonyl (C=O) groups excluding carboxylic acids is 1. The zero-order valence-electron chi connectivity index (χ0n) is 10.5. The molecule has 1 unspecified atom stereocenters. The van der Waals surface area contributed by atoms with Gasteiger partial charge in [0, 0.05) is 18.6 Å². The van der Waals surface area contributed by atoms with Crippen molar-refractivity contribution in [1.29, 1.82) is 0 Å². The van der Waals surface area contributed by atoms with Crippen LogP contribution in [0, 0.1) is 0 Å². The number of aliphatic hydroxyl groups is 1. The van der Waals surface area contributed by atoms with Crippen molar-refractivity contribution in [3.8, 4) is 0 Å². The van der Waals surface area contributed by atoms with Crippen LogP contribution in [0.2, 0.25) is 0 Å². The second-order valence-electron chi connectivity index (χ2n) is 4.52. The van der Waals surface area contributed by atoms with Crippen molar-refractivity contribution < 1.29 is 9.90 Å². The van der Waals surface area contributed by atoms with E-state index in [0.29, 0.717) is 0 Å². The Balaban J connectivity index is 4.10. The molecule has 1 amide bonds. The van der Waals surface area contributed by atoms with Crippen LogP contribution >= 0.6 is 0 Å². The number of nitrogens with one attached hydrogen (secondary N) is 1. The van der Waals surface area contributed by atoms with Crippen LogP contribution in [-0.4, -0.2) is 47.7 Å². The van der Waals surface area contributed by atoms with Crippen molar-refractivity contribution in [3.05, 3.63) is 0 Å². The van der Waals surface area contributed by atoms with E-state index in [2.05, 4.69) is 5.32 Å². The van der Waals surface area contributed by atoms with Crippen molar-refractivity contribution in [3.63, 3.8) is 0 Å². The average molecular weight is 216 g/mol. The van der Waals surface area contributed by atoms with Gasteiger partial charge in [-0.2, -0.15) is 0 Å². The minimum Gasteiger partial charge on any atom is -0.394 e. The summed E-state index contributed by atoms with van der Waals surface area (Å²) in [5.74, 6) is 0.0538. The lowest BCUT2D eigenvalue weighted by molar-refractivity contribution is -0.130. The van der Waals surface area contributed by atoms with Gasteiger partial charge in [-0.05, 0) is 27.2 Å². The maximum Gasteiger partial charge on any atom is 0.236 e. The third kappa shape index (κ3) is 4.62. The molecule has 0 aliphatic carbocycles. The van der Waals surface area contributed by atoms with Gasteiger partial charge in [0.15, 0.2) is 0 Å². The first-order chi connectivity index (χ1) is 6.86. The molecule has 4 heteroatoms. The lowest BCUT2D eigenvalue weighted by Gasteiger charge is -2.29. The SMILES string of the molecule is CCC(C)(CO)NCC(=O)N(C)C(C)C. The fourth-order valence-corrected chi connectivity index (χ4v) is 0.994.